The van der Waals surface area contributed by atoms with E-state index in [-0.39, 0.29) is 37.0 Å². The molecule has 0 saturated carbocycles. The van der Waals surface area contributed by atoms with Crippen molar-refractivity contribution in [2.75, 3.05) is 13.1 Å². The lowest BCUT2D eigenvalue weighted by molar-refractivity contribution is -0.130. The zero-order valence-corrected chi connectivity index (χ0v) is 14.7. The van der Waals surface area contributed by atoms with Crippen LogP contribution in [0.1, 0.15) is 34.8 Å². The highest BCUT2D eigenvalue weighted by Crippen LogP contribution is 2.22. The lowest BCUT2D eigenvalue weighted by Crippen LogP contribution is -2.51. The highest BCUT2D eigenvalue weighted by molar-refractivity contribution is 5.97. The quantitative estimate of drug-likeness (QED) is 0.769. The maximum absolute atomic E-state index is 13.1. The van der Waals surface area contributed by atoms with E-state index >= 15 is 0 Å². The average Bonchev–Trinajstić information content (AvgIpc) is 2.67. The smallest absolute Gasteiger partial charge is 0.324 e. The van der Waals surface area contributed by atoms with E-state index in [0.29, 0.717) is 6.42 Å². The van der Waals surface area contributed by atoms with E-state index in [2.05, 4.69) is 10.6 Å². The molecule has 0 spiro atoms. The number of hydrogen-bond donors (Lipinski definition) is 2. The number of carbonyl (C=O) groups is 3. The molecule has 0 aliphatic carbocycles. The van der Waals surface area contributed by atoms with E-state index < -0.39 is 17.8 Å². The van der Waals surface area contributed by atoms with E-state index in [4.69, 9.17) is 0 Å². The Labute approximate surface area is 156 Å². The molecule has 7 heteroatoms. The number of nitrogens with zero attached hydrogens (tertiary/aromatic N) is 1. The molecule has 4 amide bonds. The Balaban J connectivity index is 1.47. The number of rotatable bonds is 6. The van der Waals surface area contributed by atoms with E-state index in [9.17, 15) is 18.8 Å². The highest BCUT2D eigenvalue weighted by atomic mass is 19.1. The Morgan fingerprint density at radius 3 is 2.63 bits per heavy atom. The van der Waals surface area contributed by atoms with Crippen molar-refractivity contribution in [1.29, 1.82) is 0 Å². The van der Waals surface area contributed by atoms with Gasteiger partial charge >= 0.3 is 6.03 Å². The predicted octanol–water partition coefficient (Wildman–Crippen LogP) is 2.63. The summed E-state index contributed by atoms with van der Waals surface area (Å²) in [6, 6.07) is 14.0. The Morgan fingerprint density at radius 2 is 1.93 bits per heavy atom. The van der Waals surface area contributed by atoms with Crippen molar-refractivity contribution in [3.8, 4) is 0 Å². The van der Waals surface area contributed by atoms with Crippen LogP contribution in [0.5, 0.6) is 0 Å². The molecule has 2 N–H and O–H groups in total. The summed E-state index contributed by atoms with van der Waals surface area (Å²) >= 11 is 0. The third-order valence-corrected chi connectivity index (χ3v) is 4.36. The molecule has 0 bridgehead atoms. The zero-order chi connectivity index (χ0) is 19.2. The monoisotopic (exact) mass is 369 g/mol. The van der Waals surface area contributed by atoms with Crippen molar-refractivity contribution >= 4 is 17.8 Å². The Hall–Kier alpha value is -3.22. The molecule has 0 unspecified atom stereocenters. The number of halogens is 1. The van der Waals surface area contributed by atoms with E-state index in [1.54, 1.807) is 0 Å². The second-order valence-corrected chi connectivity index (χ2v) is 6.28. The van der Waals surface area contributed by atoms with Crippen LogP contribution >= 0.6 is 0 Å². The molecule has 0 radical (unpaired) electrons. The first kappa shape index (κ1) is 18.6. The summed E-state index contributed by atoms with van der Waals surface area (Å²) in [5.41, 5.74) is 1.12. The maximum Gasteiger partial charge on any atom is 0.324 e. The van der Waals surface area contributed by atoms with Crippen molar-refractivity contribution < 1.29 is 18.8 Å². The normalized spacial score (nSPS) is 16.8. The van der Waals surface area contributed by atoms with Gasteiger partial charge in [-0.2, -0.15) is 0 Å². The molecule has 1 aliphatic rings. The summed E-state index contributed by atoms with van der Waals surface area (Å²) in [5, 5.41) is 5.49. The van der Waals surface area contributed by atoms with Crippen molar-refractivity contribution in [3.05, 3.63) is 71.5 Å². The third-order valence-electron chi connectivity index (χ3n) is 4.36. The van der Waals surface area contributed by atoms with Gasteiger partial charge in [0.2, 0.25) is 5.91 Å². The molecule has 6 nitrogen and oxygen atoms in total. The molecule has 2 aromatic carbocycles. The van der Waals surface area contributed by atoms with Crippen LogP contribution in [0.4, 0.5) is 9.18 Å². The van der Waals surface area contributed by atoms with Gasteiger partial charge in [-0.3, -0.25) is 14.5 Å². The average molecular weight is 369 g/mol. The number of benzene rings is 2. The third kappa shape index (κ3) is 4.69. The minimum absolute atomic E-state index is 0.200. The second-order valence-electron chi connectivity index (χ2n) is 6.28. The van der Waals surface area contributed by atoms with E-state index in [1.165, 1.54) is 18.2 Å². The fourth-order valence-corrected chi connectivity index (χ4v) is 2.96. The standard InChI is InChI=1S/C20H20FN3O3/c21-16-9-4-8-15(12-16)19(26)22-10-5-11-24-18(25)13-17(23-20(24)27)14-6-2-1-3-7-14/h1-4,6-9,12,17H,5,10-11,13H2,(H,22,26)(H,23,27)/t17-/m0/s1. The lowest BCUT2D eigenvalue weighted by Gasteiger charge is -2.31. The zero-order valence-electron chi connectivity index (χ0n) is 14.7. The van der Waals surface area contributed by atoms with Crippen LogP contribution in [0.3, 0.4) is 0 Å². The van der Waals surface area contributed by atoms with Gasteiger partial charge in [0.15, 0.2) is 0 Å². The topological polar surface area (TPSA) is 78.5 Å². The van der Waals surface area contributed by atoms with Gasteiger partial charge in [-0.1, -0.05) is 36.4 Å². The summed E-state index contributed by atoms with van der Waals surface area (Å²) in [4.78, 5) is 37.7. The van der Waals surface area contributed by atoms with Gasteiger partial charge in [-0.15, -0.1) is 0 Å². The highest BCUT2D eigenvalue weighted by Gasteiger charge is 2.32. The number of amides is 4. The molecule has 2 aromatic rings. The minimum atomic E-state index is -0.480. The number of hydrogen-bond acceptors (Lipinski definition) is 3. The number of imide groups is 1. The van der Waals surface area contributed by atoms with Crippen molar-refractivity contribution in [2.24, 2.45) is 0 Å². The van der Waals surface area contributed by atoms with E-state index in [0.717, 1.165) is 16.5 Å². The van der Waals surface area contributed by atoms with Crippen LogP contribution in [0.2, 0.25) is 0 Å². The van der Waals surface area contributed by atoms with E-state index in [1.807, 2.05) is 30.3 Å². The van der Waals surface area contributed by atoms with Crippen molar-refractivity contribution in [1.82, 2.24) is 15.5 Å². The molecule has 27 heavy (non-hydrogen) atoms. The second kappa shape index (κ2) is 8.44. The molecule has 1 atom stereocenters. The van der Waals surface area contributed by atoms with Gasteiger partial charge < -0.3 is 10.6 Å². The summed E-state index contributed by atoms with van der Waals surface area (Å²) < 4.78 is 13.1. The van der Waals surface area contributed by atoms with Gasteiger partial charge in [-0.25, -0.2) is 9.18 Å². The molecule has 0 aromatic heterocycles. The largest absolute Gasteiger partial charge is 0.352 e. The first-order valence-electron chi connectivity index (χ1n) is 8.74. The van der Waals surface area contributed by atoms with Gasteiger partial charge in [0.05, 0.1) is 12.5 Å². The van der Waals surface area contributed by atoms with Crippen LogP contribution in [0, 0.1) is 5.82 Å². The SMILES string of the molecule is O=C(NCCCN1C(=O)C[C@@H](c2ccccc2)NC1=O)c1cccc(F)c1. The Bertz CT molecular complexity index is 823. The summed E-state index contributed by atoms with van der Waals surface area (Å²) in [6.07, 6.45) is 0.613. The number of urea groups is 1. The van der Waals surface area contributed by atoms with Gasteiger partial charge in [0, 0.05) is 18.7 Å². The molecule has 1 aliphatic heterocycles. The minimum Gasteiger partial charge on any atom is -0.352 e. The first-order chi connectivity index (χ1) is 13.0. The summed E-state index contributed by atoms with van der Waals surface area (Å²) in [6.45, 7) is 0.476. The van der Waals surface area contributed by atoms with Crippen LogP contribution in [-0.2, 0) is 4.79 Å². The molecular formula is C20H20FN3O3. The molecule has 1 saturated heterocycles. The Kier molecular flexibility index (Phi) is 5.80. The molecule has 1 heterocycles. The van der Waals surface area contributed by atoms with Crippen molar-refractivity contribution in [3.63, 3.8) is 0 Å². The number of carbonyl (C=O) groups excluding carboxylic acids is 3. The molecule has 140 valence electrons. The predicted molar refractivity (Wildman–Crippen MR) is 97.4 cm³/mol. The fraction of sp³-hybridized carbons (Fsp3) is 0.250. The Morgan fingerprint density at radius 1 is 1.15 bits per heavy atom. The fourth-order valence-electron chi connectivity index (χ4n) is 2.96. The van der Waals surface area contributed by atoms with Crippen LogP contribution in [0.15, 0.2) is 54.6 Å². The van der Waals surface area contributed by atoms with Gasteiger partial charge in [0.1, 0.15) is 5.82 Å². The van der Waals surface area contributed by atoms with Crippen molar-refractivity contribution in [2.45, 2.75) is 18.9 Å². The maximum atomic E-state index is 13.1. The summed E-state index contributed by atoms with van der Waals surface area (Å²) in [7, 11) is 0. The lowest BCUT2D eigenvalue weighted by atomic mass is 10.0. The molecule has 3 rings (SSSR count). The van der Waals surface area contributed by atoms with Crippen LogP contribution < -0.4 is 10.6 Å². The number of nitrogens with one attached hydrogen (secondary N) is 2. The van der Waals surface area contributed by atoms with Gasteiger partial charge in [0.25, 0.3) is 5.91 Å². The summed E-state index contributed by atoms with van der Waals surface area (Å²) in [5.74, 6) is -1.12. The first-order valence-corrected chi connectivity index (χ1v) is 8.74. The van der Waals surface area contributed by atoms with Gasteiger partial charge in [-0.05, 0) is 30.2 Å². The van der Waals surface area contributed by atoms with Crippen LogP contribution in [0.25, 0.3) is 0 Å². The molecular weight excluding hydrogens is 349 g/mol. The molecule has 1 fully saturated rings. The van der Waals surface area contributed by atoms with Crippen LogP contribution in [-0.4, -0.2) is 35.8 Å².